The van der Waals surface area contributed by atoms with Gasteiger partial charge in [0.15, 0.2) is 0 Å². The minimum absolute atomic E-state index is 0.0253. The zero-order chi connectivity index (χ0) is 27.4. The highest BCUT2D eigenvalue weighted by Crippen LogP contribution is 2.35. The number of anilines is 1. The van der Waals surface area contributed by atoms with E-state index in [0.717, 1.165) is 16.9 Å². The first-order valence-corrected chi connectivity index (χ1v) is 13.9. The van der Waals surface area contributed by atoms with Crippen LogP contribution in [0.2, 0.25) is 0 Å². The fourth-order valence-electron chi connectivity index (χ4n) is 5.15. The van der Waals surface area contributed by atoms with Crippen molar-refractivity contribution in [2.24, 2.45) is 0 Å². The molecule has 0 fully saturated rings. The van der Waals surface area contributed by atoms with E-state index in [1.165, 1.54) is 29.6 Å². The SMILES string of the molecule is COC1C(=C=O)C=CC=C1S(=O)(=O)N1Cc2cc(C#N)ccc2N(Cc2c[nH]cn2)C[C@H]1Cc1ccccc1. The average molecular weight is 542 g/mol. The summed E-state index contributed by atoms with van der Waals surface area (Å²) in [6.07, 6.45) is 7.31. The number of nitriles is 1. The molecule has 198 valence electrons. The molecule has 1 aromatic heterocycles. The molecule has 2 atom stereocenters. The summed E-state index contributed by atoms with van der Waals surface area (Å²) in [7, 11) is -2.77. The van der Waals surface area contributed by atoms with E-state index in [1.807, 2.05) is 48.5 Å². The average Bonchev–Trinajstić information content (AvgIpc) is 3.42. The lowest BCUT2D eigenvalue weighted by Gasteiger charge is -2.34. The molecule has 3 aromatic rings. The van der Waals surface area contributed by atoms with Gasteiger partial charge in [0.2, 0.25) is 10.0 Å². The van der Waals surface area contributed by atoms with Crippen LogP contribution in [0.3, 0.4) is 0 Å². The Morgan fingerprint density at radius 2 is 2.03 bits per heavy atom. The number of methoxy groups -OCH3 is 1. The van der Waals surface area contributed by atoms with Crippen LogP contribution < -0.4 is 4.90 Å². The zero-order valence-corrected chi connectivity index (χ0v) is 22.1. The van der Waals surface area contributed by atoms with E-state index in [2.05, 4.69) is 20.9 Å². The van der Waals surface area contributed by atoms with Crippen molar-refractivity contribution in [3.8, 4) is 6.07 Å². The summed E-state index contributed by atoms with van der Waals surface area (Å²) in [6, 6.07) is 16.7. The number of sulfonamides is 1. The Hall–Kier alpha value is -4.26. The van der Waals surface area contributed by atoms with Gasteiger partial charge in [0.05, 0.1) is 40.7 Å². The Balaban J connectivity index is 1.64. The number of hydrogen-bond acceptors (Lipinski definition) is 7. The quantitative estimate of drug-likeness (QED) is 0.456. The molecule has 39 heavy (non-hydrogen) atoms. The Kier molecular flexibility index (Phi) is 7.59. The van der Waals surface area contributed by atoms with E-state index >= 15 is 0 Å². The summed E-state index contributed by atoms with van der Waals surface area (Å²) in [5, 5.41) is 9.60. The van der Waals surface area contributed by atoms with Gasteiger partial charge in [-0.3, -0.25) is 0 Å². The van der Waals surface area contributed by atoms with E-state index < -0.39 is 22.2 Å². The van der Waals surface area contributed by atoms with Crippen molar-refractivity contribution in [2.45, 2.75) is 31.7 Å². The Morgan fingerprint density at radius 1 is 1.21 bits per heavy atom. The van der Waals surface area contributed by atoms with Crippen LogP contribution in [-0.2, 0) is 39.1 Å². The van der Waals surface area contributed by atoms with Crippen LogP contribution in [0.1, 0.15) is 22.4 Å². The summed E-state index contributed by atoms with van der Waals surface area (Å²) in [6.45, 7) is 0.863. The van der Waals surface area contributed by atoms with E-state index in [9.17, 15) is 18.5 Å². The highest BCUT2D eigenvalue weighted by Gasteiger charge is 2.41. The lowest BCUT2D eigenvalue weighted by molar-refractivity contribution is 0.166. The standard InChI is InChI=1S/C29H27N5O4S/c1-38-29-23(19-35)8-5-9-28(29)39(36,37)34-16-24-12-22(14-30)10-11-27(24)33(17-25-15-31-20-32-25)18-26(34)13-21-6-3-2-4-7-21/h2-12,15,20,26,29H,13,16-18H2,1H3,(H,31,32)/t26-,29?/m1/s1. The molecule has 1 aliphatic carbocycles. The third-order valence-electron chi connectivity index (χ3n) is 6.97. The number of hydrogen-bond donors (Lipinski definition) is 1. The molecule has 5 rings (SSSR count). The number of nitrogens with zero attached hydrogens (tertiary/aromatic N) is 4. The van der Waals surface area contributed by atoms with Crippen LogP contribution >= 0.6 is 0 Å². The molecule has 0 bridgehead atoms. The van der Waals surface area contributed by atoms with Gasteiger partial charge in [-0.1, -0.05) is 36.4 Å². The fraction of sp³-hybridized carbons (Fsp3) is 0.241. The molecule has 0 radical (unpaired) electrons. The largest absolute Gasteiger partial charge is 0.370 e. The first kappa shape index (κ1) is 26.4. The van der Waals surface area contributed by atoms with Crippen molar-refractivity contribution in [1.29, 1.82) is 5.26 Å². The number of ether oxygens (including phenoxy) is 1. The smallest absolute Gasteiger partial charge is 0.242 e. The summed E-state index contributed by atoms with van der Waals surface area (Å²) in [5.41, 5.74) is 3.88. The van der Waals surface area contributed by atoms with Gasteiger partial charge in [0.1, 0.15) is 12.0 Å². The summed E-state index contributed by atoms with van der Waals surface area (Å²) in [5.74, 6) is 1.81. The second kappa shape index (κ2) is 11.2. The molecule has 9 nitrogen and oxygen atoms in total. The van der Waals surface area contributed by atoms with Crippen LogP contribution in [-0.4, -0.2) is 54.4 Å². The summed E-state index contributed by atoms with van der Waals surface area (Å²) in [4.78, 5) is 21.0. The normalized spacial score (nSPS) is 19.5. The van der Waals surface area contributed by atoms with E-state index in [0.29, 0.717) is 30.6 Å². The first-order valence-electron chi connectivity index (χ1n) is 12.4. The number of rotatable bonds is 7. The lowest BCUT2D eigenvalue weighted by Crippen LogP contribution is -2.47. The van der Waals surface area contributed by atoms with Gasteiger partial charge in [-0.2, -0.15) is 9.57 Å². The maximum absolute atomic E-state index is 14.4. The second-order valence-corrected chi connectivity index (χ2v) is 11.3. The lowest BCUT2D eigenvalue weighted by atomic mass is 10.1. The van der Waals surface area contributed by atoms with Crippen molar-refractivity contribution in [2.75, 3.05) is 18.6 Å². The molecule has 1 N–H and O–H groups in total. The molecule has 2 heterocycles. The number of aromatic nitrogens is 2. The first-order chi connectivity index (χ1) is 18.9. The number of allylic oxidation sites excluding steroid dienone is 2. The maximum Gasteiger partial charge on any atom is 0.242 e. The molecule has 0 amide bonds. The number of carbonyl (C=O) groups excluding carboxylic acids is 1. The van der Waals surface area contributed by atoms with Crippen molar-refractivity contribution >= 4 is 21.7 Å². The Bertz CT molecular complexity index is 1600. The van der Waals surface area contributed by atoms with Crippen LogP contribution in [0, 0.1) is 11.3 Å². The molecule has 0 spiro atoms. The van der Waals surface area contributed by atoms with Crippen LogP contribution in [0.15, 0.2) is 89.8 Å². The van der Waals surface area contributed by atoms with Crippen molar-refractivity contribution in [3.63, 3.8) is 0 Å². The predicted molar refractivity (Wildman–Crippen MR) is 146 cm³/mol. The number of benzene rings is 2. The van der Waals surface area contributed by atoms with Crippen molar-refractivity contribution in [1.82, 2.24) is 14.3 Å². The number of H-pyrrole nitrogens is 1. The molecule has 0 saturated carbocycles. The minimum Gasteiger partial charge on any atom is -0.370 e. The predicted octanol–water partition coefficient (Wildman–Crippen LogP) is 3.27. The monoisotopic (exact) mass is 541 g/mol. The maximum atomic E-state index is 14.4. The summed E-state index contributed by atoms with van der Waals surface area (Å²) < 4.78 is 35.8. The number of fused-ring (bicyclic) bond motifs is 1. The van der Waals surface area contributed by atoms with Crippen LogP contribution in [0.25, 0.3) is 0 Å². The second-order valence-electron chi connectivity index (χ2n) is 9.39. The molecule has 1 aliphatic heterocycles. The fourth-order valence-corrected chi connectivity index (χ4v) is 7.01. The van der Waals surface area contributed by atoms with E-state index in [1.54, 1.807) is 18.5 Å². The zero-order valence-electron chi connectivity index (χ0n) is 21.3. The Morgan fingerprint density at radius 3 is 2.72 bits per heavy atom. The highest BCUT2D eigenvalue weighted by atomic mass is 32.2. The summed E-state index contributed by atoms with van der Waals surface area (Å²) >= 11 is 0. The molecule has 0 saturated heterocycles. The Labute approximate surface area is 227 Å². The van der Waals surface area contributed by atoms with Gasteiger partial charge >= 0.3 is 0 Å². The van der Waals surface area contributed by atoms with Gasteiger partial charge in [-0.15, -0.1) is 0 Å². The number of imidazole rings is 1. The third kappa shape index (κ3) is 5.35. The van der Waals surface area contributed by atoms with Gasteiger partial charge in [0.25, 0.3) is 0 Å². The highest BCUT2D eigenvalue weighted by molar-refractivity contribution is 7.93. The van der Waals surface area contributed by atoms with Gasteiger partial charge < -0.3 is 14.6 Å². The van der Waals surface area contributed by atoms with Gasteiger partial charge in [-0.25, -0.2) is 18.2 Å². The van der Waals surface area contributed by atoms with E-state index in [-0.39, 0.29) is 17.0 Å². The van der Waals surface area contributed by atoms with Gasteiger partial charge in [0, 0.05) is 38.1 Å². The van der Waals surface area contributed by atoms with E-state index in [4.69, 9.17) is 4.74 Å². The molecule has 2 aliphatic rings. The van der Waals surface area contributed by atoms with Crippen molar-refractivity contribution < 1.29 is 17.9 Å². The van der Waals surface area contributed by atoms with Crippen LogP contribution in [0.4, 0.5) is 5.69 Å². The molecule has 10 heteroatoms. The van der Waals surface area contributed by atoms with Gasteiger partial charge in [-0.05, 0) is 47.9 Å². The molecule has 1 unspecified atom stereocenters. The number of nitrogens with one attached hydrogen (secondary N) is 1. The molecule has 2 aromatic carbocycles. The van der Waals surface area contributed by atoms with Crippen molar-refractivity contribution in [3.05, 3.63) is 112 Å². The molecular weight excluding hydrogens is 514 g/mol. The van der Waals surface area contributed by atoms with Crippen LogP contribution in [0.5, 0.6) is 0 Å². The topological polar surface area (TPSA) is 119 Å². The minimum atomic E-state index is -4.14. The third-order valence-corrected chi connectivity index (χ3v) is 8.96. The number of aromatic amines is 1. The molecular formula is C29H27N5O4S.